The molecule has 0 unspecified atom stereocenters. The lowest BCUT2D eigenvalue weighted by Crippen LogP contribution is -2.46. The minimum absolute atomic E-state index is 0.0254. The zero-order chi connectivity index (χ0) is 26.5. The fraction of sp³-hybridized carbons (Fsp3) is 0.484. The number of carbonyl (C=O) groups excluding carboxylic acids is 2. The summed E-state index contributed by atoms with van der Waals surface area (Å²) in [6.45, 7) is 3.79. The Morgan fingerprint density at radius 2 is 1.68 bits per heavy atom. The number of benzene rings is 2. The fourth-order valence-corrected chi connectivity index (χ4v) is 5.85. The van der Waals surface area contributed by atoms with Crippen molar-refractivity contribution in [3.05, 3.63) is 65.9 Å². The summed E-state index contributed by atoms with van der Waals surface area (Å²) in [7, 11) is 3.84. The fourth-order valence-electron chi connectivity index (χ4n) is 5.85. The molecular weight excluding hydrogens is 478 g/mol. The van der Waals surface area contributed by atoms with Crippen LogP contribution < -0.4 is 4.74 Å². The Morgan fingerprint density at radius 1 is 0.921 bits per heavy atom. The van der Waals surface area contributed by atoms with Gasteiger partial charge in [0.2, 0.25) is 5.91 Å². The standard InChI is InChI=1S/C31H39N3O4/c1-32-18-20-37-19-8-7-13-31(23-38-28-12-6-4-10-26(28)30(32)36)14-16-34(17-15-31)29(35)21-24-22-33(2)27-11-5-3-9-25(24)27/h3-6,9-12,22H,7-8,13-21,23H2,1-2H3. The average Bonchev–Trinajstić information content (AvgIpc) is 3.26. The first-order valence-corrected chi connectivity index (χ1v) is 13.8. The van der Waals surface area contributed by atoms with Crippen molar-refractivity contribution in [2.24, 2.45) is 12.5 Å². The quantitative estimate of drug-likeness (QED) is 0.495. The third-order valence-corrected chi connectivity index (χ3v) is 8.31. The predicted octanol–water partition coefficient (Wildman–Crippen LogP) is 4.68. The molecule has 1 aromatic heterocycles. The summed E-state index contributed by atoms with van der Waals surface area (Å²) in [6, 6.07) is 15.8. The van der Waals surface area contributed by atoms with Crippen LogP contribution in [-0.2, 0) is 23.0 Å². The number of hydrogen-bond donors (Lipinski definition) is 0. The van der Waals surface area contributed by atoms with Crippen molar-refractivity contribution in [1.29, 1.82) is 0 Å². The number of aromatic nitrogens is 1. The van der Waals surface area contributed by atoms with Gasteiger partial charge in [0.05, 0.1) is 25.2 Å². The van der Waals surface area contributed by atoms with Gasteiger partial charge in [-0.25, -0.2) is 0 Å². The summed E-state index contributed by atoms with van der Waals surface area (Å²) < 4.78 is 14.3. The highest BCUT2D eigenvalue weighted by atomic mass is 16.5. The first-order chi connectivity index (χ1) is 18.5. The van der Waals surface area contributed by atoms with Gasteiger partial charge in [-0.1, -0.05) is 36.8 Å². The maximum atomic E-state index is 13.3. The van der Waals surface area contributed by atoms with Gasteiger partial charge in [-0.2, -0.15) is 0 Å². The average molecular weight is 518 g/mol. The van der Waals surface area contributed by atoms with Crippen molar-refractivity contribution in [2.75, 3.05) is 46.5 Å². The maximum Gasteiger partial charge on any atom is 0.257 e. The summed E-state index contributed by atoms with van der Waals surface area (Å²) in [6.07, 6.45) is 7.36. The molecule has 0 N–H and O–H groups in total. The monoisotopic (exact) mass is 517 g/mol. The van der Waals surface area contributed by atoms with Crippen LogP contribution in [0, 0.1) is 5.41 Å². The molecule has 0 bridgehead atoms. The van der Waals surface area contributed by atoms with Crippen LogP contribution in [0.3, 0.4) is 0 Å². The van der Waals surface area contributed by atoms with Crippen molar-refractivity contribution >= 4 is 22.7 Å². The van der Waals surface area contributed by atoms with E-state index in [0.717, 1.165) is 61.7 Å². The van der Waals surface area contributed by atoms with Crippen LogP contribution in [0.25, 0.3) is 10.9 Å². The molecule has 2 aliphatic rings. The minimum Gasteiger partial charge on any atom is -0.492 e. The molecule has 2 amide bonds. The van der Waals surface area contributed by atoms with Gasteiger partial charge in [-0.15, -0.1) is 0 Å². The highest BCUT2D eigenvalue weighted by Crippen LogP contribution is 2.38. The normalized spacial score (nSPS) is 19.2. The third kappa shape index (κ3) is 5.73. The lowest BCUT2D eigenvalue weighted by molar-refractivity contribution is -0.133. The largest absolute Gasteiger partial charge is 0.492 e. The molecule has 1 saturated heterocycles. The zero-order valence-electron chi connectivity index (χ0n) is 22.7. The molecule has 2 aliphatic heterocycles. The first kappa shape index (κ1) is 26.3. The molecule has 7 heteroatoms. The number of rotatable bonds is 2. The van der Waals surface area contributed by atoms with Gasteiger partial charge in [0.25, 0.3) is 5.91 Å². The van der Waals surface area contributed by atoms with Gasteiger partial charge in [-0.05, 0) is 49.4 Å². The number of para-hydroxylation sites is 2. The van der Waals surface area contributed by atoms with Crippen LogP contribution in [0.5, 0.6) is 5.75 Å². The maximum absolute atomic E-state index is 13.3. The molecule has 0 atom stereocenters. The summed E-state index contributed by atoms with van der Waals surface area (Å²) in [4.78, 5) is 30.1. The minimum atomic E-state index is -0.0517. The number of amides is 2. The van der Waals surface area contributed by atoms with E-state index in [0.29, 0.717) is 44.1 Å². The molecule has 5 rings (SSSR count). The highest BCUT2D eigenvalue weighted by Gasteiger charge is 2.37. The van der Waals surface area contributed by atoms with Crippen LogP contribution in [0.2, 0.25) is 0 Å². The summed E-state index contributed by atoms with van der Waals surface area (Å²) in [5.74, 6) is 0.769. The molecule has 1 spiro atoms. The van der Waals surface area contributed by atoms with Gasteiger partial charge >= 0.3 is 0 Å². The molecule has 0 aliphatic carbocycles. The Bertz CT molecular complexity index is 1280. The number of hydrogen-bond acceptors (Lipinski definition) is 4. The van der Waals surface area contributed by atoms with Crippen molar-refractivity contribution in [2.45, 2.75) is 38.5 Å². The molecule has 1 fully saturated rings. The van der Waals surface area contributed by atoms with Crippen molar-refractivity contribution in [3.8, 4) is 5.75 Å². The second kappa shape index (κ2) is 11.6. The van der Waals surface area contributed by atoms with Crippen molar-refractivity contribution in [3.63, 3.8) is 0 Å². The number of nitrogens with zero attached hydrogens (tertiary/aromatic N) is 3. The molecule has 3 heterocycles. The molecule has 38 heavy (non-hydrogen) atoms. The molecule has 3 aromatic rings. The molecule has 0 saturated carbocycles. The van der Waals surface area contributed by atoms with E-state index in [-0.39, 0.29) is 17.2 Å². The number of carbonyl (C=O) groups is 2. The topological polar surface area (TPSA) is 64.0 Å². The van der Waals surface area contributed by atoms with E-state index >= 15 is 0 Å². The Hall–Kier alpha value is -3.32. The molecule has 2 aromatic carbocycles. The van der Waals surface area contributed by atoms with Gasteiger partial charge in [0.1, 0.15) is 5.75 Å². The lowest BCUT2D eigenvalue weighted by atomic mass is 9.75. The van der Waals surface area contributed by atoms with E-state index in [1.54, 1.807) is 11.9 Å². The molecular formula is C31H39N3O4. The van der Waals surface area contributed by atoms with Crippen molar-refractivity contribution in [1.82, 2.24) is 14.4 Å². The zero-order valence-corrected chi connectivity index (χ0v) is 22.7. The Labute approximate surface area is 225 Å². The molecule has 202 valence electrons. The Balaban J connectivity index is 1.28. The van der Waals surface area contributed by atoms with E-state index in [4.69, 9.17) is 9.47 Å². The van der Waals surface area contributed by atoms with E-state index in [9.17, 15) is 9.59 Å². The van der Waals surface area contributed by atoms with E-state index in [1.807, 2.05) is 48.3 Å². The number of likely N-dealkylation sites (tertiary alicyclic amines) is 1. The molecule has 7 nitrogen and oxygen atoms in total. The summed E-state index contributed by atoms with van der Waals surface area (Å²) in [5, 5.41) is 1.15. The summed E-state index contributed by atoms with van der Waals surface area (Å²) in [5.41, 5.74) is 2.80. The predicted molar refractivity (Wildman–Crippen MR) is 148 cm³/mol. The van der Waals surface area contributed by atoms with Crippen LogP contribution in [0.4, 0.5) is 0 Å². The molecule has 0 radical (unpaired) electrons. The smallest absolute Gasteiger partial charge is 0.257 e. The van der Waals surface area contributed by atoms with Gasteiger partial charge < -0.3 is 23.8 Å². The number of piperidine rings is 1. The van der Waals surface area contributed by atoms with Crippen LogP contribution in [0.15, 0.2) is 54.7 Å². The SMILES string of the molecule is CN1CCOCCCCC2(CCN(C(=O)Cc3cn(C)c4ccccc34)CC2)COc2ccccc2C1=O. The van der Waals surface area contributed by atoms with E-state index < -0.39 is 0 Å². The Kier molecular flexibility index (Phi) is 8.03. The highest BCUT2D eigenvalue weighted by molar-refractivity contribution is 5.96. The summed E-state index contributed by atoms with van der Waals surface area (Å²) >= 11 is 0. The van der Waals surface area contributed by atoms with Gasteiger partial charge in [-0.3, -0.25) is 9.59 Å². The number of aryl methyl sites for hydroxylation is 1. The lowest BCUT2D eigenvalue weighted by Gasteiger charge is -2.42. The van der Waals surface area contributed by atoms with Crippen LogP contribution >= 0.6 is 0 Å². The van der Waals surface area contributed by atoms with E-state index in [2.05, 4.69) is 22.9 Å². The number of ether oxygens (including phenoxy) is 2. The second-order valence-corrected chi connectivity index (χ2v) is 10.9. The third-order valence-electron chi connectivity index (χ3n) is 8.31. The Morgan fingerprint density at radius 3 is 2.53 bits per heavy atom. The second-order valence-electron chi connectivity index (χ2n) is 10.9. The van der Waals surface area contributed by atoms with Crippen LogP contribution in [-0.4, -0.2) is 72.7 Å². The van der Waals surface area contributed by atoms with Crippen molar-refractivity contribution < 1.29 is 19.1 Å². The number of likely N-dealkylation sites (N-methyl/N-ethyl adjacent to an activating group) is 1. The van der Waals surface area contributed by atoms with Gasteiger partial charge in [0.15, 0.2) is 0 Å². The number of fused-ring (bicyclic) bond motifs is 2. The van der Waals surface area contributed by atoms with Gasteiger partial charge in [0, 0.05) is 62.9 Å². The first-order valence-electron chi connectivity index (χ1n) is 13.8. The van der Waals surface area contributed by atoms with E-state index in [1.165, 1.54) is 0 Å². The van der Waals surface area contributed by atoms with Crippen LogP contribution in [0.1, 0.15) is 48.0 Å².